The van der Waals surface area contributed by atoms with Crippen LogP contribution in [-0.2, 0) is 0 Å². The molecule has 1 aromatic heterocycles. The third kappa shape index (κ3) is 2.05. The lowest BCUT2D eigenvalue weighted by Gasteiger charge is -2.08. The Labute approximate surface area is 94.7 Å². The maximum absolute atomic E-state index is 5.52. The molecule has 0 amide bonds. The average molecular weight is 217 g/mol. The monoisotopic (exact) mass is 217 g/mol. The predicted octanol–water partition coefficient (Wildman–Crippen LogP) is 2.46. The molecule has 0 aliphatic carbocycles. The fourth-order valence-electron chi connectivity index (χ4n) is 1.53. The molecule has 0 aliphatic rings. The highest BCUT2D eigenvalue weighted by molar-refractivity contribution is 5.84. The van der Waals surface area contributed by atoms with E-state index in [0.717, 1.165) is 17.4 Å². The number of ether oxygens (including phenoxy) is 1. The number of nitrogens with zero attached hydrogens (tertiary/aromatic N) is 2. The summed E-state index contributed by atoms with van der Waals surface area (Å²) in [5.41, 5.74) is 0.900. The van der Waals surface area contributed by atoms with Crippen molar-refractivity contribution in [3.05, 3.63) is 24.3 Å². The molecule has 84 valence electrons. The normalized spacial score (nSPS) is 10.4. The predicted molar refractivity (Wildman–Crippen MR) is 64.9 cm³/mol. The highest BCUT2D eigenvalue weighted by Crippen LogP contribution is 2.23. The lowest BCUT2D eigenvalue weighted by molar-refractivity contribution is 0.331. The van der Waals surface area contributed by atoms with Gasteiger partial charge in [-0.2, -0.15) is 4.98 Å². The zero-order valence-corrected chi connectivity index (χ0v) is 9.53. The highest BCUT2D eigenvalue weighted by Gasteiger charge is 2.06. The van der Waals surface area contributed by atoms with Crippen molar-refractivity contribution >= 4 is 16.9 Å². The summed E-state index contributed by atoms with van der Waals surface area (Å²) in [5, 5.41) is 4.05. The second-order valence-electron chi connectivity index (χ2n) is 3.33. The Morgan fingerprint density at radius 3 is 2.75 bits per heavy atom. The lowest BCUT2D eigenvalue weighted by Crippen LogP contribution is -2.04. The molecule has 0 aliphatic heterocycles. The lowest BCUT2D eigenvalue weighted by atomic mass is 10.2. The molecule has 1 N–H and O–H groups in total. The summed E-state index contributed by atoms with van der Waals surface area (Å²) in [6.45, 7) is 5.36. The Morgan fingerprint density at radius 1 is 1.19 bits per heavy atom. The fourth-order valence-corrected chi connectivity index (χ4v) is 1.53. The number of hydrogen-bond acceptors (Lipinski definition) is 4. The first kappa shape index (κ1) is 10.7. The van der Waals surface area contributed by atoms with Gasteiger partial charge in [0.2, 0.25) is 11.8 Å². The van der Waals surface area contributed by atoms with Crippen LogP contribution in [0.5, 0.6) is 5.88 Å². The average Bonchev–Trinajstić information content (AvgIpc) is 2.30. The summed E-state index contributed by atoms with van der Waals surface area (Å²) in [6.07, 6.45) is 0. The van der Waals surface area contributed by atoms with Crippen LogP contribution in [0.2, 0.25) is 0 Å². The van der Waals surface area contributed by atoms with Crippen molar-refractivity contribution in [1.82, 2.24) is 9.97 Å². The van der Waals surface area contributed by atoms with Crippen molar-refractivity contribution in [2.75, 3.05) is 18.5 Å². The molecule has 0 atom stereocenters. The molecule has 1 aromatic carbocycles. The largest absolute Gasteiger partial charge is 0.477 e. The number of aromatic nitrogens is 2. The van der Waals surface area contributed by atoms with Crippen LogP contribution in [0.4, 0.5) is 5.95 Å². The fraction of sp³-hybridized carbons (Fsp3) is 0.333. The third-order valence-electron chi connectivity index (χ3n) is 2.18. The van der Waals surface area contributed by atoms with Gasteiger partial charge in [-0.05, 0) is 26.0 Å². The van der Waals surface area contributed by atoms with Gasteiger partial charge in [0.15, 0.2) is 0 Å². The van der Waals surface area contributed by atoms with E-state index in [1.165, 1.54) is 0 Å². The van der Waals surface area contributed by atoms with E-state index in [-0.39, 0.29) is 0 Å². The number of nitrogens with one attached hydrogen (secondary N) is 1. The van der Waals surface area contributed by atoms with E-state index >= 15 is 0 Å². The summed E-state index contributed by atoms with van der Waals surface area (Å²) >= 11 is 0. The van der Waals surface area contributed by atoms with E-state index in [9.17, 15) is 0 Å². The molecule has 2 rings (SSSR count). The van der Waals surface area contributed by atoms with Gasteiger partial charge in [-0.15, -0.1) is 0 Å². The van der Waals surface area contributed by atoms with Crippen LogP contribution in [-0.4, -0.2) is 23.1 Å². The standard InChI is InChI=1S/C12H15N3O/c1-3-13-12-14-10-8-6-5-7-9(10)11(15-12)16-4-2/h5-8H,3-4H2,1-2H3,(H,13,14,15). The molecule has 0 saturated carbocycles. The van der Waals surface area contributed by atoms with E-state index in [0.29, 0.717) is 18.4 Å². The van der Waals surface area contributed by atoms with Crippen molar-refractivity contribution in [3.8, 4) is 5.88 Å². The van der Waals surface area contributed by atoms with Crippen molar-refractivity contribution in [2.24, 2.45) is 0 Å². The van der Waals surface area contributed by atoms with Crippen molar-refractivity contribution in [1.29, 1.82) is 0 Å². The van der Waals surface area contributed by atoms with Crippen molar-refractivity contribution in [3.63, 3.8) is 0 Å². The Kier molecular flexibility index (Phi) is 3.19. The van der Waals surface area contributed by atoms with E-state index < -0.39 is 0 Å². The highest BCUT2D eigenvalue weighted by atomic mass is 16.5. The van der Waals surface area contributed by atoms with Crippen molar-refractivity contribution in [2.45, 2.75) is 13.8 Å². The Morgan fingerprint density at radius 2 is 2.00 bits per heavy atom. The van der Waals surface area contributed by atoms with Crippen molar-refractivity contribution < 1.29 is 4.74 Å². The molecule has 4 nitrogen and oxygen atoms in total. The minimum atomic E-state index is 0.604. The molecule has 0 unspecified atom stereocenters. The number of hydrogen-bond donors (Lipinski definition) is 1. The van der Waals surface area contributed by atoms with Crippen LogP contribution >= 0.6 is 0 Å². The number of fused-ring (bicyclic) bond motifs is 1. The number of rotatable bonds is 4. The first-order valence-electron chi connectivity index (χ1n) is 5.48. The zero-order valence-electron chi connectivity index (χ0n) is 9.53. The van der Waals surface area contributed by atoms with Gasteiger partial charge in [0.05, 0.1) is 17.5 Å². The van der Waals surface area contributed by atoms with E-state index in [1.807, 2.05) is 38.1 Å². The van der Waals surface area contributed by atoms with Gasteiger partial charge in [-0.25, -0.2) is 4.98 Å². The molecule has 0 fully saturated rings. The number of para-hydroxylation sites is 1. The van der Waals surface area contributed by atoms with Crippen LogP contribution < -0.4 is 10.1 Å². The van der Waals surface area contributed by atoms with Crippen LogP contribution in [0.15, 0.2) is 24.3 Å². The number of anilines is 1. The summed E-state index contributed by atoms with van der Waals surface area (Å²) < 4.78 is 5.52. The van der Waals surface area contributed by atoms with Gasteiger partial charge in [0.1, 0.15) is 0 Å². The second kappa shape index (κ2) is 4.79. The minimum Gasteiger partial charge on any atom is -0.477 e. The van der Waals surface area contributed by atoms with Gasteiger partial charge >= 0.3 is 0 Å². The van der Waals surface area contributed by atoms with Crippen LogP contribution in [0.1, 0.15) is 13.8 Å². The summed E-state index contributed by atoms with van der Waals surface area (Å²) in [4.78, 5) is 8.74. The zero-order chi connectivity index (χ0) is 11.4. The quantitative estimate of drug-likeness (QED) is 0.854. The van der Waals surface area contributed by atoms with Crippen LogP contribution in [0.25, 0.3) is 10.9 Å². The summed E-state index contributed by atoms with van der Waals surface area (Å²) in [6, 6.07) is 7.85. The van der Waals surface area contributed by atoms with Gasteiger partial charge < -0.3 is 10.1 Å². The molecule has 0 spiro atoms. The first-order chi connectivity index (χ1) is 7.85. The van der Waals surface area contributed by atoms with E-state index in [4.69, 9.17) is 4.74 Å². The molecule has 16 heavy (non-hydrogen) atoms. The summed E-state index contributed by atoms with van der Waals surface area (Å²) in [5.74, 6) is 1.26. The van der Waals surface area contributed by atoms with Gasteiger partial charge in [0, 0.05) is 6.54 Å². The molecule has 0 saturated heterocycles. The second-order valence-corrected chi connectivity index (χ2v) is 3.33. The van der Waals surface area contributed by atoms with Crippen LogP contribution in [0.3, 0.4) is 0 Å². The van der Waals surface area contributed by atoms with Gasteiger partial charge in [0.25, 0.3) is 0 Å². The van der Waals surface area contributed by atoms with Gasteiger partial charge in [-0.1, -0.05) is 12.1 Å². The molecule has 0 bridgehead atoms. The molecular formula is C12H15N3O. The minimum absolute atomic E-state index is 0.604. The smallest absolute Gasteiger partial charge is 0.226 e. The molecule has 2 aromatic rings. The maximum Gasteiger partial charge on any atom is 0.226 e. The first-order valence-corrected chi connectivity index (χ1v) is 5.48. The molecule has 1 heterocycles. The molecular weight excluding hydrogens is 202 g/mol. The van der Waals surface area contributed by atoms with Gasteiger partial charge in [-0.3, -0.25) is 0 Å². The molecule has 0 radical (unpaired) electrons. The number of benzene rings is 1. The molecule has 4 heteroatoms. The third-order valence-corrected chi connectivity index (χ3v) is 2.18. The Hall–Kier alpha value is -1.84. The maximum atomic E-state index is 5.52. The van der Waals surface area contributed by atoms with Crippen LogP contribution in [0, 0.1) is 0 Å². The SMILES string of the molecule is CCNc1nc(OCC)c2ccccc2n1. The van der Waals surface area contributed by atoms with E-state index in [2.05, 4.69) is 15.3 Å². The van der Waals surface area contributed by atoms with E-state index in [1.54, 1.807) is 0 Å². The topological polar surface area (TPSA) is 47.0 Å². The Bertz CT molecular complexity index is 485. The summed E-state index contributed by atoms with van der Waals surface area (Å²) in [7, 11) is 0. The Balaban J connectivity index is 2.54.